The molecule has 1 heterocycles. The zero-order valence-corrected chi connectivity index (χ0v) is 8.69. The molecule has 0 atom stereocenters. The van der Waals surface area contributed by atoms with Crippen molar-refractivity contribution in [3.8, 4) is 5.75 Å². The van der Waals surface area contributed by atoms with Crippen molar-refractivity contribution in [2.45, 2.75) is 6.92 Å². The lowest BCUT2D eigenvalue weighted by molar-refractivity contribution is 0.0765. The molecule has 4 nitrogen and oxygen atoms in total. The number of likely N-dealkylation sites (N-methyl/N-ethyl adjacent to an activating group) is 1. The number of anilines is 1. The summed E-state index contributed by atoms with van der Waals surface area (Å²) in [5.41, 5.74) is 6.86. The van der Waals surface area contributed by atoms with Crippen molar-refractivity contribution in [2.24, 2.45) is 0 Å². The van der Waals surface area contributed by atoms with Crippen molar-refractivity contribution in [1.82, 2.24) is 4.90 Å². The van der Waals surface area contributed by atoms with E-state index in [1.165, 1.54) is 0 Å². The van der Waals surface area contributed by atoms with Gasteiger partial charge in [-0.15, -0.1) is 0 Å². The maximum atomic E-state index is 12.0. The maximum Gasteiger partial charge on any atom is 0.257 e. The summed E-state index contributed by atoms with van der Waals surface area (Å²) in [5, 5.41) is 0. The lowest BCUT2D eigenvalue weighted by atomic mass is 10.1. The first-order valence-electron chi connectivity index (χ1n) is 5.04. The lowest BCUT2D eigenvalue weighted by Crippen LogP contribution is -2.31. The van der Waals surface area contributed by atoms with Gasteiger partial charge in [-0.1, -0.05) is 6.07 Å². The average molecular weight is 206 g/mol. The van der Waals surface area contributed by atoms with Crippen LogP contribution in [0.3, 0.4) is 0 Å². The molecular formula is C11H14N2O2. The van der Waals surface area contributed by atoms with E-state index in [2.05, 4.69) is 0 Å². The monoisotopic (exact) mass is 206 g/mol. The molecule has 2 rings (SSSR count). The molecule has 0 spiro atoms. The Balaban J connectivity index is 2.47. The third-order valence-corrected chi connectivity index (χ3v) is 2.55. The van der Waals surface area contributed by atoms with Crippen molar-refractivity contribution >= 4 is 11.6 Å². The van der Waals surface area contributed by atoms with Gasteiger partial charge < -0.3 is 15.4 Å². The van der Waals surface area contributed by atoms with E-state index in [-0.39, 0.29) is 5.91 Å². The summed E-state index contributed by atoms with van der Waals surface area (Å²) < 4.78 is 5.49. The molecule has 0 saturated carbocycles. The van der Waals surface area contributed by atoms with Crippen molar-refractivity contribution in [3.63, 3.8) is 0 Å². The van der Waals surface area contributed by atoms with Gasteiger partial charge in [-0.05, 0) is 19.1 Å². The highest BCUT2D eigenvalue weighted by Gasteiger charge is 2.23. The number of para-hydroxylation sites is 1. The normalized spacial score (nSPS) is 15.5. The summed E-state index contributed by atoms with van der Waals surface area (Å²) in [5.74, 6) is 0.524. The van der Waals surface area contributed by atoms with Gasteiger partial charge >= 0.3 is 0 Å². The molecular weight excluding hydrogens is 192 g/mol. The van der Waals surface area contributed by atoms with E-state index in [9.17, 15) is 4.79 Å². The summed E-state index contributed by atoms with van der Waals surface area (Å²) in [7, 11) is 0. The van der Waals surface area contributed by atoms with Gasteiger partial charge in [0.2, 0.25) is 0 Å². The van der Waals surface area contributed by atoms with Crippen LogP contribution in [0.25, 0.3) is 0 Å². The SMILES string of the molecule is CCN1CCOc2c(N)cccc2C1=O. The van der Waals surface area contributed by atoms with Gasteiger partial charge in [0.25, 0.3) is 5.91 Å². The Hall–Kier alpha value is -1.71. The van der Waals surface area contributed by atoms with Gasteiger partial charge in [0.05, 0.1) is 17.8 Å². The third kappa shape index (κ3) is 1.63. The van der Waals surface area contributed by atoms with Crippen LogP contribution in [-0.4, -0.2) is 30.5 Å². The fraction of sp³-hybridized carbons (Fsp3) is 0.364. The number of nitrogens with two attached hydrogens (primary N) is 1. The number of nitrogen functional groups attached to an aromatic ring is 1. The molecule has 0 radical (unpaired) electrons. The van der Waals surface area contributed by atoms with E-state index in [4.69, 9.17) is 10.5 Å². The van der Waals surface area contributed by atoms with E-state index in [0.29, 0.717) is 36.7 Å². The molecule has 1 aliphatic rings. The number of nitrogens with zero attached hydrogens (tertiary/aromatic N) is 1. The fourth-order valence-corrected chi connectivity index (χ4v) is 1.72. The van der Waals surface area contributed by atoms with Crippen molar-refractivity contribution in [2.75, 3.05) is 25.4 Å². The number of fused-ring (bicyclic) bond motifs is 1. The highest BCUT2D eigenvalue weighted by molar-refractivity contribution is 5.98. The molecule has 0 fully saturated rings. The number of benzene rings is 1. The minimum absolute atomic E-state index is 0.00250. The van der Waals surface area contributed by atoms with Gasteiger partial charge in [-0.3, -0.25) is 4.79 Å². The molecule has 1 aromatic carbocycles. The fourth-order valence-electron chi connectivity index (χ4n) is 1.72. The number of carbonyl (C=O) groups excluding carboxylic acids is 1. The number of rotatable bonds is 1. The van der Waals surface area contributed by atoms with E-state index < -0.39 is 0 Å². The Labute approximate surface area is 88.6 Å². The van der Waals surface area contributed by atoms with Crippen LogP contribution in [0.2, 0.25) is 0 Å². The minimum atomic E-state index is -0.00250. The summed E-state index contributed by atoms with van der Waals surface area (Å²) in [4.78, 5) is 13.8. The van der Waals surface area contributed by atoms with E-state index in [0.717, 1.165) is 0 Å². The van der Waals surface area contributed by atoms with Crippen LogP contribution >= 0.6 is 0 Å². The lowest BCUT2D eigenvalue weighted by Gasteiger charge is -2.16. The van der Waals surface area contributed by atoms with Crippen molar-refractivity contribution in [3.05, 3.63) is 23.8 Å². The molecule has 1 amide bonds. The minimum Gasteiger partial charge on any atom is -0.489 e. The first-order chi connectivity index (χ1) is 7.24. The highest BCUT2D eigenvalue weighted by Crippen LogP contribution is 2.29. The Kier molecular flexibility index (Phi) is 2.49. The van der Waals surface area contributed by atoms with Crippen molar-refractivity contribution < 1.29 is 9.53 Å². The third-order valence-electron chi connectivity index (χ3n) is 2.55. The second kappa shape index (κ2) is 3.81. The highest BCUT2D eigenvalue weighted by atomic mass is 16.5. The first-order valence-corrected chi connectivity index (χ1v) is 5.04. The summed E-state index contributed by atoms with van der Waals surface area (Å²) in [6, 6.07) is 5.27. The van der Waals surface area contributed by atoms with Crippen LogP contribution in [0.15, 0.2) is 18.2 Å². The van der Waals surface area contributed by atoms with Crippen LogP contribution in [-0.2, 0) is 0 Å². The maximum absolute atomic E-state index is 12.0. The molecule has 15 heavy (non-hydrogen) atoms. The largest absolute Gasteiger partial charge is 0.489 e. The molecule has 0 aliphatic carbocycles. The quantitative estimate of drug-likeness (QED) is 0.700. The predicted octanol–water partition coefficient (Wildman–Crippen LogP) is 1.12. The van der Waals surface area contributed by atoms with Crippen molar-refractivity contribution in [1.29, 1.82) is 0 Å². The van der Waals surface area contributed by atoms with Gasteiger partial charge in [0.15, 0.2) is 5.75 Å². The molecule has 80 valence electrons. The average Bonchev–Trinajstić information content (AvgIpc) is 2.40. The first kappa shape index (κ1) is 9.83. The van der Waals surface area contributed by atoms with Crippen LogP contribution in [0.1, 0.15) is 17.3 Å². The molecule has 0 unspecified atom stereocenters. The van der Waals surface area contributed by atoms with Crippen LogP contribution in [0.4, 0.5) is 5.69 Å². The second-order valence-electron chi connectivity index (χ2n) is 3.46. The molecule has 1 aliphatic heterocycles. The van der Waals surface area contributed by atoms with E-state index >= 15 is 0 Å². The Morgan fingerprint density at radius 2 is 2.33 bits per heavy atom. The Bertz CT molecular complexity index is 390. The van der Waals surface area contributed by atoms with Gasteiger partial charge in [-0.25, -0.2) is 0 Å². The van der Waals surface area contributed by atoms with Crippen LogP contribution in [0.5, 0.6) is 5.75 Å². The Morgan fingerprint density at radius 1 is 1.53 bits per heavy atom. The molecule has 0 saturated heterocycles. The number of hydrogen-bond donors (Lipinski definition) is 1. The van der Waals surface area contributed by atoms with Gasteiger partial charge in [0, 0.05) is 6.54 Å². The molecule has 4 heteroatoms. The van der Waals surface area contributed by atoms with Crippen LogP contribution < -0.4 is 10.5 Å². The number of carbonyl (C=O) groups is 1. The van der Waals surface area contributed by atoms with E-state index in [1.54, 1.807) is 23.1 Å². The standard InChI is InChI=1S/C11H14N2O2/c1-2-13-6-7-15-10-8(11(13)14)4-3-5-9(10)12/h3-5H,2,6-7,12H2,1H3. The molecule has 0 aromatic heterocycles. The molecule has 1 aromatic rings. The van der Waals surface area contributed by atoms with E-state index in [1.807, 2.05) is 6.92 Å². The number of amides is 1. The summed E-state index contributed by atoms with van der Waals surface area (Å²) in [6.45, 7) is 3.76. The van der Waals surface area contributed by atoms with Gasteiger partial charge in [-0.2, -0.15) is 0 Å². The molecule has 2 N–H and O–H groups in total. The zero-order valence-electron chi connectivity index (χ0n) is 8.69. The number of ether oxygens (including phenoxy) is 1. The smallest absolute Gasteiger partial charge is 0.257 e. The summed E-state index contributed by atoms with van der Waals surface area (Å²) >= 11 is 0. The summed E-state index contributed by atoms with van der Waals surface area (Å²) in [6.07, 6.45) is 0. The predicted molar refractivity (Wildman–Crippen MR) is 57.9 cm³/mol. The Morgan fingerprint density at radius 3 is 3.07 bits per heavy atom. The topological polar surface area (TPSA) is 55.6 Å². The second-order valence-corrected chi connectivity index (χ2v) is 3.46. The zero-order chi connectivity index (χ0) is 10.8. The van der Waals surface area contributed by atoms with Crippen LogP contribution in [0, 0.1) is 0 Å². The van der Waals surface area contributed by atoms with Gasteiger partial charge in [0.1, 0.15) is 6.61 Å². The number of hydrogen-bond acceptors (Lipinski definition) is 3. The molecule has 0 bridgehead atoms.